The number of amides is 2. The third-order valence-electron chi connectivity index (χ3n) is 0.880. The Balaban J connectivity index is -0.000000230. The summed E-state index contributed by atoms with van der Waals surface area (Å²) in [5.41, 5.74) is 9.10. The highest BCUT2D eigenvalue weighted by Gasteiger charge is 1.86. The first kappa shape index (κ1) is 22.5. The van der Waals surface area contributed by atoms with Crippen molar-refractivity contribution in [1.29, 1.82) is 0 Å². The Morgan fingerprint density at radius 1 is 0.700 bits per heavy atom. The standard InChI is InChI=1S/2C4H5NO3.C2H6O2/c2*5-3(6)1-2-4(7)8;3-1-2-4/h2*1-2H,(H2,5,6)(H,7,8);3-4H,1-2H2/b2*2-1-;. The van der Waals surface area contributed by atoms with Crippen molar-refractivity contribution < 1.29 is 39.6 Å². The van der Waals surface area contributed by atoms with Gasteiger partial charge in [-0.05, 0) is 0 Å². The minimum absolute atomic E-state index is 0.125. The Morgan fingerprint density at radius 2 is 0.950 bits per heavy atom. The number of nitrogens with two attached hydrogens (primary N) is 2. The summed E-state index contributed by atoms with van der Waals surface area (Å²) in [5, 5.41) is 31.0. The zero-order valence-corrected chi connectivity index (χ0v) is 10.3. The molecule has 0 unspecified atom stereocenters. The molecule has 2 amide bonds. The summed E-state index contributed by atoms with van der Waals surface area (Å²) in [6, 6.07) is 0. The largest absolute Gasteiger partial charge is 0.478 e. The van der Waals surface area contributed by atoms with Gasteiger partial charge in [0.15, 0.2) is 0 Å². The van der Waals surface area contributed by atoms with Gasteiger partial charge in [-0.3, -0.25) is 9.59 Å². The van der Waals surface area contributed by atoms with Crippen LogP contribution in [0.5, 0.6) is 0 Å². The predicted octanol–water partition coefficient (Wildman–Crippen LogP) is -2.80. The third-order valence-corrected chi connectivity index (χ3v) is 0.880. The zero-order valence-electron chi connectivity index (χ0n) is 10.3. The van der Waals surface area contributed by atoms with Crippen LogP contribution in [-0.2, 0) is 19.2 Å². The van der Waals surface area contributed by atoms with E-state index < -0.39 is 23.8 Å². The highest BCUT2D eigenvalue weighted by atomic mass is 16.4. The lowest BCUT2D eigenvalue weighted by Crippen LogP contribution is -2.06. The van der Waals surface area contributed by atoms with Crippen LogP contribution >= 0.6 is 0 Å². The van der Waals surface area contributed by atoms with Crippen LogP contribution in [0.2, 0.25) is 0 Å². The van der Waals surface area contributed by atoms with Gasteiger partial charge in [-0.2, -0.15) is 0 Å². The molecule has 10 nitrogen and oxygen atoms in total. The summed E-state index contributed by atoms with van der Waals surface area (Å²) in [4.78, 5) is 38.8. The Morgan fingerprint density at radius 3 is 1.00 bits per heavy atom. The van der Waals surface area contributed by atoms with Gasteiger partial charge in [-0.1, -0.05) is 0 Å². The van der Waals surface area contributed by atoms with Crippen LogP contribution in [0.3, 0.4) is 0 Å². The number of aliphatic carboxylic acids is 2. The summed E-state index contributed by atoms with van der Waals surface area (Å²) in [6.07, 6.45) is 2.93. The fraction of sp³-hybridized carbons (Fsp3) is 0.200. The van der Waals surface area contributed by atoms with E-state index in [9.17, 15) is 19.2 Å². The molecule has 0 atom stereocenters. The molecule has 0 rings (SSSR count). The molecule has 0 aromatic heterocycles. The summed E-state index contributed by atoms with van der Waals surface area (Å²) < 4.78 is 0. The molecular formula is C10H16N2O8. The normalized spacial score (nSPS) is 9.10. The van der Waals surface area contributed by atoms with Crippen LogP contribution in [0.15, 0.2) is 24.3 Å². The topological polar surface area (TPSA) is 201 Å². The minimum Gasteiger partial charge on any atom is -0.478 e. The molecule has 0 heterocycles. The van der Waals surface area contributed by atoms with E-state index >= 15 is 0 Å². The summed E-state index contributed by atoms with van der Waals surface area (Å²) in [7, 11) is 0. The number of aliphatic hydroxyl groups excluding tert-OH is 2. The highest BCUT2D eigenvalue weighted by Crippen LogP contribution is 1.68. The first-order chi connectivity index (χ1) is 9.17. The number of rotatable bonds is 5. The maximum absolute atomic E-state index is 9.78. The average molecular weight is 292 g/mol. The van der Waals surface area contributed by atoms with Crippen LogP contribution in [0, 0.1) is 0 Å². The number of hydrogen-bond donors (Lipinski definition) is 6. The molecule has 0 aromatic carbocycles. The quantitative estimate of drug-likeness (QED) is 0.291. The van der Waals surface area contributed by atoms with E-state index in [1.54, 1.807) is 0 Å². The van der Waals surface area contributed by atoms with Gasteiger partial charge in [0.1, 0.15) is 0 Å². The second-order valence-corrected chi connectivity index (χ2v) is 2.60. The lowest BCUT2D eigenvalue weighted by Gasteiger charge is -1.75. The smallest absolute Gasteiger partial charge is 0.328 e. The van der Waals surface area contributed by atoms with E-state index in [-0.39, 0.29) is 13.2 Å². The van der Waals surface area contributed by atoms with Crippen LogP contribution in [0.1, 0.15) is 0 Å². The summed E-state index contributed by atoms with van der Waals surface area (Å²) in [6.45, 7) is -0.250. The molecule has 0 bridgehead atoms. The van der Waals surface area contributed by atoms with E-state index in [0.717, 1.165) is 12.2 Å². The molecule has 114 valence electrons. The van der Waals surface area contributed by atoms with Crippen LogP contribution in [0.4, 0.5) is 0 Å². The van der Waals surface area contributed by atoms with Gasteiger partial charge in [0.2, 0.25) is 11.8 Å². The zero-order chi connectivity index (χ0) is 16.6. The molecule has 0 aliphatic rings. The number of carboxylic acids is 2. The Hall–Kier alpha value is -2.72. The van der Waals surface area contributed by atoms with E-state index in [4.69, 9.17) is 20.4 Å². The second kappa shape index (κ2) is 16.3. The maximum Gasteiger partial charge on any atom is 0.328 e. The van der Waals surface area contributed by atoms with Gasteiger partial charge in [0, 0.05) is 24.3 Å². The van der Waals surface area contributed by atoms with Gasteiger partial charge in [0.25, 0.3) is 0 Å². The van der Waals surface area contributed by atoms with E-state index in [1.807, 2.05) is 0 Å². The summed E-state index contributed by atoms with van der Waals surface area (Å²) >= 11 is 0. The maximum atomic E-state index is 9.78. The molecule has 10 heteroatoms. The van der Waals surface area contributed by atoms with Crippen molar-refractivity contribution in [3.8, 4) is 0 Å². The van der Waals surface area contributed by atoms with Gasteiger partial charge in [-0.25, -0.2) is 9.59 Å². The van der Waals surface area contributed by atoms with E-state index in [2.05, 4.69) is 11.5 Å². The second-order valence-electron chi connectivity index (χ2n) is 2.60. The molecule has 0 fully saturated rings. The first-order valence-corrected chi connectivity index (χ1v) is 4.79. The summed E-state index contributed by atoms with van der Waals surface area (Å²) in [5.74, 6) is -3.87. The van der Waals surface area contributed by atoms with Crippen molar-refractivity contribution in [3.63, 3.8) is 0 Å². The molecule has 0 radical (unpaired) electrons. The average Bonchev–Trinajstić information content (AvgIpc) is 2.35. The Kier molecular flexibility index (Phi) is 18.3. The van der Waals surface area contributed by atoms with Crippen molar-refractivity contribution in [1.82, 2.24) is 0 Å². The number of carbonyl (C=O) groups excluding carboxylic acids is 2. The van der Waals surface area contributed by atoms with Crippen LogP contribution in [0.25, 0.3) is 0 Å². The SMILES string of the molecule is NC(=O)/C=C\C(=O)O.NC(=O)/C=C\C(=O)O.OCCO. The first-order valence-electron chi connectivity index (χ1n) is 4.79. The highest BCUT2D eigenvalue weighted by molar-refractivity contribution is 5.93. The van der Waals surface area contributed by atoms with Gasteiger partial charge in [0.05, 0.1) is 13.2 Å². The molecule has 8 N–H and O–H groups in total. The van der Waals surface area contributed by atoms with Crippen molar-refractivity contribution in [2.45, 2.75) is 0 Å². The van der Waals surface area contributed by atoms with Gasteiger partial charge < -0.3 is 31.9 Å². The molecule has 0 aromatic rings. The van der Waals surface area contributed by atoms with Crippen molar-refractivity contribution in [3.05, 3.63) is 24.3 Å². The number of aliphatic hydroxyl groups is 2. The molecular weight excluding hydrogens is 276 g/mol. The molecule has 20 heavy (non-hydrogen) atoms. The van der Waals surface area contributed by atoms with E-state index in [0.29, 0.717) is 12.2 Å². The van der Waals surface area contributed by atoms with Crippen molar-refractivity contribution >= 4 is 23.8 Å². The minimum atomic E-state index is -1.18. The van der Waals surface area contributed by atoms with E-state index in [1.165, 1.54) is 0 Å². The number of carbonyl (C=O) groups is 4. The van der Waals surface area contributed by atoms with Crippen LogP contribution in [-0.4, -0.2) is 57.4 Å². The van der Waals surface area contributed by atoms with Crippen molar-refractivity contribution in [2.24, 2.45) is 11.5 Å². The lowest BCUT2D eigenvalue weighted by atomic mass is 10.5. The number of carboxylic acid groups (broad SMARTS) is 2. The molecule has 0 saturated carbocycles. The Bertz CT molecular complexity index is 307. The molecule has 0 aliphatic carbocycles. The molecule has 0 saturated heterocycles. The number of primary amides is 2. The lowest BCUT2D eigenvalue weighted by molar-refractivity contribution is -0.132. The van der Waals surface area contributed by atoms with Crippen molar-refractivity contribution in [2.75, 3.05) is 13.2 Å². The molecule has 0 spiro atoms. The fourth-order valence-electron chi connectivity index (χ4n) is 0.307. The predicted molar refractivity (Wildman–Crippen MR) is 66.1 cm³/mol. The fourth-order valence-corrected chi connectivity index (χ4v) is 0.307. The Labute approximate surface area is 113 Å². The number of hydrogen-bond acceptors (Lipinski definition) is 6. The monoisotopic (exact) mass is 292 g/mol. The van der Waals surface area contributed by atoms with Gasteiger partial charge >= 0.3 is 11.9 Å². The van der Waals surface area contributed by atoms with Gasteiger partial charge in [-0.15, -0.1) is 0 Å². The third kappa shape index (κ3) is 45.4. The molecule has 0 aliphatic heterocycles. The van der Waals surface area contributed by atoms with Crippen LogP contribution < -0.4 is 11.5 Å².